The minimum absolute atomic E-state index is 0.0488. The Morgan fingerprint density at radius 3 is 2.57 bits per heavy atom. The maximum atomic E-state index is 14.0. The van der Waals surface area contributed by atoms with E-state index in [0.29, 0.717) is 42.4 Å². The topological polar surface area (TPSA) is 149 Å². The van der Waals surface area contributed by atoms with Crippen LogP contribution in [0.3, 0.4) is 0 Å². The zero-order valence-electron chi connectivity index (χ0n) is 29.5. The van der Waals surface area contributed by atoms with Crippen LogP contribution in [0.2, 0.25) is 0 Å². The van der Waals surface area contributed by atoms with Gasteiger partial charge in [0.2, 0.25) is 12.6 Å². The number of unbranched alkanes of at least 4 members (excludes halogenated alkanes) is 2. The van der Waals surface area contributed by atoms with Gasteiger partial charge in [-0.2, -0.15) is 0 Å². The summed E-state index contributed by atoms with van der Waals surface area (Å²) >= 11 is 0. The molecular weight excluding hydrogens is 656 g/mol. The average Bonchev–Trinajstić information content (AvgIpc) is 3.61. The Balaban J connectivity index is 1.56. The zero-order valence-corrected chi connectivity index (χ0v) is 29.5. The molecule has 2 aliphatic heterocycles. The van der Waals surface area contributed by atoms with Crippen LogP contribution in [-0.2, 0) is 20.9 Å². The number of oxime groups is 1. The summed E-state index contributed by atoms with van der Waals surface area (Å²) in [7, 11) is 1.35. The molecule has 0 aromatic heterocycles. The van der Waals surface area contributed by atoms with Crippen molar-refractivity contribution in [3.05, 3.63) is 71.8 Å². The van der Waals surface area contributed by atoms with Crippen molar-refractivity contribution in [2.75, 3.05) is 40.3 Å². The Bertz CT molecular complexity index is 1610. The fourth-order valence-corrected chi connectivity index (χ4v) is 8.46. The van der Waals surface area contributed by atoms with Gasteiger partial charge in [0.25, 0.3) is 0 Å². The number of methoxy groups -OCH3 is 1. The number of phenolic OH excluding ortho intramolecular Hbond substituents is 1. The monoisotopic (exact) mass is 706 g/mol. The summed E-state index contributed by atoms with van der Waals surface area (Å²) in [5, 5.41) is 35.0. The molecule has 2 aromatic rings. The Kier molecular flexibility index (Phi) is 11.7. The molecular formula is C39H50N2O10. The lowest BCUT2D eigenvalue weighted by molar-refractivity contribution is -0.256. The van der Waals surface area contributed by atoms with E-state index in [-0.39, 0.29) is 63.1 Å². The quantitative estimate of drug-likeness (QED) is 0.107. The minimum atomic E-state index is -1.43. The van der Waals surface area contributed by atoms with Gasteiger partial charge in [0.1, 0.15) is 24.1 Å². The summed E-state index contributed by atoms with van der Waals surface area (Å²) in [5.41, 5.74) is 3.24. The first-order valence-corrected chi connectivity index (χ1v) is 18.0. The molecule has 1 amide bonds. The third-order valence-electron chi connectivity index (χ3n) is 10.5. The van der Waals surface area contributed by atoms with E-state index in [2.05, 4.69) is 17.8 Å². The van der Waals surface area contributed by atoms with Gasteiger partial charge < -0.3 is 43.8 Å². The number of aliphatic hydroxyl groups is 2. The van der Waals surface area contributed by atoms with Crippen LogP contribution in [0.25, 0.3) is 0 Å². The molecule has 6 atom stereocenters. The van der Waals surface area contributed by atoms with E-state index >= 15 is 0 Å². The second-order valence-corrected chi connectivity index (χ2v) is 13.5. The van der Waals surface area contributed by atoms with Gasteiger partial charge in [-0.15, -0.1) is 6.58 Å². The Labute approximate surface area is 299 Å². The van der Waals surface area contributed by atoms with E-state index < -0.39 is 23.8 Å². The molecule has 3 N–H and O–H groups in total. The van der Waals surface area contributed by atoms with E-state index in [9.17, 15) is 20.1 Å². The molecule has 276 valence electrons. The van der Waals surface area contributed by atoms with Crippen LogP contribution in [0, 0.1) is 17.8 Å². The van der Waals surface area contributed by atoms with E-state index in [0.717, 1.165) is 42.4 Å². The molecule has 2 aromatic carbocycles. The van der Waals surface area contributed by atoms with Crippen LogP contribution in [0.15, 0.2) is 65.9 Å². The normalized spacial score (nSPS) is 26.4. The summed E-state index contributed by atoms with van der Waals surface area (Å²) in [5.74, 6) is -0.111. The van der Waals surface area contributed by atoms with E-state index in [1.807, 2.05) is 25.1 Å². The number of aliphatic hydroxyl groups excluding tert-OH is 2. The summed E-state index contributed by atoms with van der Waals surface area (Å²) < 4.78 is 30.6. The van der Waals surface area contributed by atoms with Crippen molar-refractivity contribution < 1.29 is 48.6 Å². The average molecular weight is 707 g/mol. The molecule has 0 radical (unpaired) electrons. The van der Waals surface area contributed by atoms with Crippen molar-refractivity contribution in [1.82, 2.24) is 4.90 Å². The van der Waals surface area contributed by atoms with Crippen molar-refractivity contribution in [3.8, 4) is 23.0 Å². The van der Waals surface area contributed by atoms with Gasteiger partial charge in [0.05, 0.1) is 25.3 Å². The molecule has 1 fully saturated rings. The summed E-state index contributed by atoms with van der Waals surface area (Å²) in [4.78, 5) is 21.4. The van der Waals surface area contributed by atoms with Gasteiger partial charge in [-0.1, -0.05) is 36.2 Å². The smallest absolute Gasteiger partial charge is 0.410 e. The number of aromatic hydroxyl groups is 1. The number of phenols is 1. The summed E-state index contributed by atoms with van der Waals surface area (Å²) in [6, 6.07) is 9.96. The number of carbonyl (C=O) groups excluding carboxylic acids is 1. The number of hydrogen-bond acceptors (Lipinski definition) is 11. The van der Waals surface area contributed by atoms with Gasteiger partial charge in [0, 0.05) is 37.7 Å². The number of hydrogen-bond donors (Lipinski definition) is 3. The molecule has 6 rings (SSSR count). The molecule has 0 bridgehead atoms. The molecule has 0 saturated heterocycles. The maximum absolute atomic E-state index is 14.0. The van der Waals surface area contributed by atoms with E-state index in [1.54, 1.807) is 29.2 Å². The first-order valence-electron chi connectivity index (χ1n) is 18.0. The molecule has 12 nitrogen and oxygen atoms in total. The molecule has 2 heterocycles. The number of allylic oxidation sites excluding steroid dienone is 1. The third-order valence-corrected chi connectivity index (χ3v) is 10.5. The lowest BCUT2D eigenvalue weighted by atomic mass is 9.55. The fourth-order valence-electron chi connectivity index (χ4n) is 8.46. The molecule has 2 aliphatic carbocycles. The van der Waals surface area contributed by atoms with Crippen LogP contribution < -0.4 is 14.2 Å². The lowest BCUT2D eigenvalue weighted by Gasteiger charge is -2.59. The number of fused-ring (bicyclic) bond motifs is 3. The number of ether oxygens (including phenoxy) is 5. The third kappa shape index (κ3) is 7.27. The first-order chi connectivity index (χ1) is 24.9. The SMILES string of the molecule is C=CCOC12Oc3ccc(O)cc3C3C(CCCCO)C(CCCCO)C=C(C(=NOCC)CC1N(Cc1ccc4c(c1)OCO4)C(=O)OC)C32. The van der Waals surface area contributed by atoms with Gasteiger partial charge in [-0.3, -0.25) is 4.90 Å². The van der Waals surface area contributed by atoms with Crippen molar-refractivity contribution in [2.45, 2.75) is 76.2 Å². The van der Waals surface area contributed by atoms with Gasteiger partial charge in [0.15, 0.2) is 11.5 Å². The standard InChI is InChI=1S/C39H50N2O10/c1-4-18-49-39-35(41(38(45)46-3)23-25-12-14-33-34(19-25)48-24-47-33)22-31(40-50-5-2)29-20-26(10-6-8-16-42)28(11-7-9-17-43)36(37(29)39)30-21-27(44)13-15-32(30)51-39/h4,12-15,19-21,26,28,35-37,42-44H,1,5-11,16-18,22-24H2,2-3H3. The van der Waals surface area contributed by atoms with Crippen LogP contribution in [0.1, 0.15) is 68.9 Å². The second kappa shape index (κ2) is 16.4. The number of nitrogens with zero attached hydrogens (tertiary/aromatic N) is 2. The number of amides is 1. The Morgan fingerprint density at radius 2 is 1.82 bits per heavy atom. The Hall–Kier alpha value is -4.26. The molecule has 6 unspecified atom stereocenters. The molecule has 4 aliphatic rings. The largest absolute Gasteiger partial charge is 0.508 e. The van der Waals surface area contributed by atoms with Gasteiger partial charge >= 0.3 is 6.09 Å². The molecule has 1 saturated carbocycles. The van der Waals surface area contributed by atoms with E-state index in [4.69, 9.17) is 28.5 Å². The van der Waals surface area contributed by atoms with Crippen molar-refractivity contribution >= 4 is 11.8 Å². The van der Waals surface area contributed by atoms with Crippen molar-refractivity contribution in [1.29, 1.82) is 0 Å². The van der Waals surface area contributed by atoms with Gasteiger partial charge in [-0.25, -0.2) is 4.79 Å². The maximum Gasteiger partial charge on any atom is 0.410 e. The number of benzene rings is 2. The highest BCUT2D eigenvalue weighted by atomic mass is 16.7. The predicted octanol–water partition coefficient (Wildman–Crippen LogP) is 6.04. The second-order valence-electron chi connectivity index (χ2n) is 13.5. The van der Waals surface area contributed by atoms with Crippen LogP contribution in [-0.4, -0.2) is 84.2 Å². The highest BCUT2D eigenvalue weighted by Gasteiger charge is 2.65. The number of carbonyl (C=O) groups is 1. The molecule has 0 spiro atoms. The highest BCUT2D eigenvalue weighted by Crippen LogP contribution is 2.62. The van der Waals surface area contributed by atoms with Crippen LogP contribution >= 0.6 is 0 Å². The van der Waals surface area contributed by atoms with Gasteiger partial charge in [-0.05, 0) is 85.9 Å². The lowest BCUT2D eigenvalue weighted by Crippen LogP contribution is -2.70. The summed E-state index contributed by atoms with van der Waals surface area (Å²) in [6.45, 7) is 6.77. The van der Waals surface area contributed by atoms with E-state index in [1.165, 1.54) is 7.11 Å². The predicted molar refractivity (Wildman–Crippen MR) is 189 cm³/mol. The fraction of sp³-hybridized carbons (Fsp3) is 0.538. The first kappa shape index (κ1) is 36.5. The summed E-state index contributed by atoms with van der Waals surface area (Å²) in [6.07, 6.45) is 8.19. The Morgan fingerprint density at radius 1 is 1.06 bits per heavy atom. The highest BCUT2D eigenvalue weighted by molar-refractivity contribution is 6.03. The van der Waals surface area contributed by atoms with Crippen LogP contribution in [0.4, 0.5) is 4.79 Å². The molecule has 51 heavy (non-hydrogen) atoms. The van der Waals surface area contributed by atoms with Crippen molar-refractivity contribution in [3.63, 3.8) is 0 Å². The molecule has 12 heteroatoms. The number of rotatable bonds is 16. The van der Waals surface area contributed by atoms with Crippen molar-refractivity contribution in [2.24, 2.45) is 22.9 Å². The van der Waals surface area contributed by atoms with Crippen LogP contribution in [0.5, 0.6) is 23.0 Å². The zero-order chi connectivity index (χ0) is 36.0. The minimum Gasteiger partial charge on any atom is -0.508 e.